The van der Waals surface area contributed by atoms with Crippen LogP contribution >= 0.6 is 0 Å². The zero-order valence-electron chi connectivity index (χ0n) is 11.6. The van der Waals surface area contributed by atoms with Gasteiger partial charge >= 0.3 is 118 Å². The Morgan fingerprint density at radius 3 is 2.39 bits per heavy atom. The van der Waals surface area contributed by atoms with Crippen molar-refractivity contribution in [3.8, 4) is 11.1 Å². The first-order chi connectivity index (χ1) is 8.58. The monoisotopic (exact) mass is 403 g/mol. The first-order valence-corrected chi connectivity index (χ1v) is 15.6. The molecule has 0 aromatic heterocycles. The number of hydrogen-bond acceptors (Lipinski definition) is 0. The van der Waals surface area contributed by atoms with Gasteiger partial charge in [0, 0.05) is 0 Å². The Hall–Kier alpha value is -0.690. The third kappa shape index (κ3) is 1.84. The molecular weight excluding hydrogens is 383 g/mol. The Labute approximate surface area is 118 Å². The fourth-order valence-electron chi connectivity index (χ4n) is 3.22. The summed E-state index contributed by atoms with van der Waals surface area (Å²) in [5.41, 5.74) is 9.09. The van der Waals surface area contributed by atoms with Crippen LogP contribution in [-0.2, 0) is 27.9 Å². The van der Waals surface area contributed by atoms with E-state index in [2.05, 4.69) is 53.5 Å². The summed E-state index contributed by atoms with van der Waals surface area (Å²) in [7, 11) is 0. The molecule has 0 unspecified atom stereocenters. The second kappa shape index (κ2) is 4.45. The van der Waals surface area contributed by atoms with Crippen molar-refractivity contribution in [1.29, 1.82) is 0 Å². The number of fused-ring (bicyclic) bond motifs is 3. The Bertz CT molecular complexity index is 624. The first kappa shape index (κ1) is 12.3. The fraction of sp³-hybridized carbons (Fsp3) is 0.294. The van der Waals surface area contributed by atoms with Crippen LogP contribution in [0.2, 0.25) is 9.36 Å². The van der Waals surface area contributed by atoms with Crippen LogP contribution in [0.25, 0.3) is 11.1 Å². The summed E-state index contributed by atoms with van der Waals surface area (Å²) in [6.45, 7) is 4.48. The quantitative estimate of drug-likeness (QED) is 0.536. The molecular formula is C17H19Hf. The molecule has 0 fully saturated rings. The molecule has 1 heteroatoms. The van der Waals surface area contributed by atoms with E-state index < -0.39 is 21.4 Å². The van der Waals surface area contributed by atoms with Crippen LogP contribution in [0.15, 0.2) is 30.3 Å². The molecule has 0 nitrogen and oxygen atoms in total. The number of benzene rings is 2. The molecule has 2 aromatic rings. The molecule has 2 aromatic carbocycles. The summed E-state index contributed by atoms with van der Waals surface area (Å²) < 4.78 is 6.80. The SMILES string of the molecule is Cc1ccc2c(c1)Cc1c-2ccc(C)[c]1[Hf]([CH3])[CH3]. The average molecular weight is 402 g/mol. The maximum absolute atomic E-state index is 2.52. The summed E-state index contributed by atoms with van der Waals surface area (Å²) in [6, 6.07) is 11.6. The summed E-state index contributed by atoms with van der Waals surface area (Å²) >= 11 is -1.48. The average Bonchev–Trinajstić information content (AvgIpc) is 2.64. The van der Waals surface area contributed by atoms with Gasteiger partial charge in [-0.25, -0.2) is 0 Å². The van der Waals surface area contributed by atoms with Crippen LogP contribution in [0, 0.1) is 13.8 Å². The summed E-state index contributed by atoms with van der Waals surface area (Å²) in [5, 5.41) is 0. The van der Waals surface area contributed by atoms with Crippen molar-refractivity contribution < 1.29 is 21.4 Å². The normalized spacial score (nSPS) is 12.2. The van der Waals surface area contributed by atoms with Gasteiger partial charge in [-0.05, 0) is 0 Å². The van der Waals surface area contributed by atoms with Crippen molar-refractivity contribution in [2.45, 2.75) is 29.6 Å². The molecule has 0 aliphatic heterocycles. The molecule has 0 saturated heterocycles. The van der Waals surface area contributed by atoms with Crippen LogP contribution in [-0.4, -0.2) is 0 Å². The van der Waals surface area contributed by atoms with Crippen LogP contribution in [0.5, 0.6) is 0 Å². The number of aryl methyl sites for hydroxylation is 2. The molecule has 0 saturated carbocycles. The molecule has 1 aliphatic carbocycles. The van der Waals surface area contributed by atoms with Gasteiger partial charge in [0.25, 0.3) is 0 Å². The minimum absolute atomic E-state index is 1.17. The van der Waals surface area contributed by atoms with Gasteiger partial charge in [-0.15, -0.1) is 0 Å². The number of rotatable bonds is 1. The van der Waals surface area contributed by atoms with Crippen LogP contribution in [0.4, 0.5) is 0 Å². The van der Waals surface area contributed by atoms with Crippen molar-refractivity contribution in [2.75, 3.05) is 0 Å². The summed E-state index contributed by atoms with van der Waals surface area (Å²) in [4.78, 5) is 0. The first-order valence-electron chi connectivity index (χ1n) is 6.61. The van der Waals surface area contributed by atoms with E-state index in [1.165, 1.54) is 34.2 Å². The molecule has 1 aliphatic rings. The van der Waals surface area contributed by atoms with Crippen molar-refractivity contribution >= 4 is 3.32 Å². The zero-order valence-corrected chi connectivity index (χ0v) is 15.2. The van der Waals surface area contributed by atoms with E-state index in [9.17, 15) is 0 Å². The third-order valence-corrected chi connectivity index (χ3v) is 10.0. The molecule has 0 heterocycles. The van der Waals surface area contributed by atoms with E-state index in [1.54, 1.807) is 8.88 Å². The van der Waals surface area contributed by atoms with Gasteiger partial charge < -0.3 is 0 Å². The Morgan fingerprint density at radius 1 is 0.944 bits per heavy atom. The zero-order chi connectivity index (χ0) is 12.9. The van der Waals surface area contributed by atoms with Gasteiger partial charge in [0.2, 0.25) is 0 Å². The summed E-state index contributed by atoms with van der Waals surface area (Å²) in [6.07, 6.45) is 1.17. The van der Waals surface area contributed by atoms with E-state index in [1.807, 2.05) is 0 Å². The van der Waals surface area contributed by atoms with E-state index in [4.69, 9.17) is 0 Å². The molecule has 0 amide bonds. The predicted octanol–water partition coefficient (Wildman–Crippen LogP) is 4.21. The van der Waals surface area contributed by atoms with Crippen molar-refractivity contribution in [3.05, 3.63) is 52.6 Å². The molecule has 91 valence electrons. The molecule has 3 rings (SSSR count). The standard InChI is InChI=1S/C15H13.2CH3.Hf/c1-10-3-5-14-12(7-10)9-13-8-11(2)4-6-15(13)14;;;/h3-7H,9H2,1-2H3;2*1H3;. The van der Waals surface area contributed by atoms with Gasteiger partial charge in [0.1, 0.15) is 0 Å². The minimum atomic E-state index is -1.48. The topological polar surface area (TPSA) is 0 Å². The second-order valence-corrected chi connectivity index (χ2v) is 14.6. The second-order valence-electron chi connectivity index (χ2n) is 5.62. The molecule has 0 N–H and O–H groups in total. The Balaban J connectivity index is 2.25. The third-order valence-electron chi connectivity index (χ3n) is 3.94. The summed E-state index contributed by atoms with van der Waals surface area (Å²) in [5.74, 6) is 0. The van der Waals surface area contributed by atoms with Gasteiger partial charge in [-0.3, -0.25) is 0 Å². The fourth-order valence-corrected chi connectivity index (χ4v) is 9.32. The van der Waals surface area contributed by atoms with Crippen molar-refractivity contribution in [1.82, 2.24) is 0 Å². The van der Waals surface area contributed by atoms with Crippen LogP contribution < -0.4 is 3.32 Å². The van der Waals surface area contributed by atoms with Crippen LogP contribution in [0.1, 0.15) is 22.3 Å². The van der Waals surface area contributed by atoms with Gasteiger partial charge in [-0.2, -0.15) is 0 Å². The van der Waals surface area contributed by atoms with E-state index >= 15 is 0 Å². The van der Waals surface area contributed by atoms with E-state index in [0.29, 0.717) is 0 Å². The van der Waals surface area contributed by atoms with Crippen molar-refractivity contribution in [2.24, 2.45) is 0 Å². The molecule has 0 radical (unpaired) electrons. The van der Waals surface area contributed by atoms with E-state index in [-0.39, 0.29) is 0 Å². The molecule has 0 spiro atoms. The Kier molecular flexibility index (Phi) is 3.05. The molecule has 18 heavy (non-hydrogen) atoms. The van der Waals surface area contributed by atoms with Crippen molar-refractivity contribution in [3.63, 3.8) is 0 Å². The Morgan fingerprint density at radius 2 is 1.67 bits per heavy atom. The van der Waals surface area contributed by atoms with E-state index in [0.717, 1.165) is 0 Å². The molecule has 0 atom stereocenters. The predicted molar refractivity (Wildman–Crippen MR) is 75.5 cm³/mol. The van der Waals surface area contributed by atoms with Crippen LogP contribution in [0.3, 0.4) is 0 Å². The maximum atomic E-state index is 2.52. The van der Waals surface area contributed by atoms with Gasteiger partial charge in [-0.1, -0.05) is 0 Å². The van der Waals surface area contributed by atoms with Gasteiger partial charge in [0.15, 0.2) is 0 Å². The van der Waals surface area contributed by atoms with Gasteiger partial charge in [0.05, 0.1) is 0 Å². The number of hydrogen-bond donors (Lipinski definition) is 0. The molecule has 0 bridgehead atoms.